The van der Waals surface area contributed by atoms with Crippen LogP contribution in [0.4, 0.5) is 0 Å². The van der Waals surface area contributed by atoms with E-state index >= 15 is 0 Å². The lowest BCUT2D eigenvalue weighted by Crippen LogP contribution is -1.83. The molecule has 0 fully saturated rings. The van der Waals surface area contributed by atoms with Crippen LogP contribution in [0.15, 0.2) is 35.2 Å². The monoisotopic (exact) mass is 236 g/mol. The molecule has 0 radical (unpaired) electrons. The molecule has 0 bridgehead atoms. The van der Waals surface area contributed by atoms with Crippen LogP contribution < -0.4 is 0 Å². The topological polar surface area (TPSA) is 0 Å². The Kier molecular flexibility index (Phi) is 8.65. The number of hydrogen-bond acceptors (Lipinski definition) is 4. The van der Waals surface area contributed by atoms with Crippen LogP contribution in [0.25, 0.3) is 0 Å². The van der Waals surface area contributed by atoms with E-state index in [1.807, 2.05) is 30.3 Å². The Morgan fingerprint density at radius 1 is 1.08 bits per heavy atom. The van der Waals surface area contributed by atoms with Crippen LogP contribution in [0.3, 0.4) is 0 Å². The van der Waals surface area contributed by atoms with Gasteiger partial charge < -0.3 is 0 Å². The lowest BCUT2D eigenvalue weighted by molar-refractivity contribution is 1.48. The molecule has 0 saturated carbocycles. The van der Waals surface area contributed by atoms with Gasteiger partial charge in [-0.05, 0) is 12.1 Å². The zero-order valence-corrected chi connectivity index (χ0v) is 10.0. The summed E-state index contributed by atoms with van der Waals surface area (Å²) in [5.74, 6) is 0.728. The molecular weight excluding hydrogens is 224 g/mol. The SMILES string of the molecule is SCC(S)S.Sc1ccccc1. The van der Waals surface area contributed by atoms with Crippen molar-refractivity contribution in [3.05, 3.63) is 30.3 Å². The van der Waals surface area contributed by atoms with Crippen LogP contribution in [0.5, 0.6) is 0 Å². The average molecular weight is 236 g/mol. The maximum Gasteiger partial charge on any atom is 0.0530 e. The van der Waals surface area contributed by atoms with Crippen molar-refractivity contribution in [3.8, 4) is 0 Å². The quantitative estimate of drug-likeness (QED) is 0.418. The van der Waals surface area contributed by atoms with Crippen molar-refractivity contribution < 1.29 is 0 Å². The summed E-state index contributed by atoms with van der Waals surface area (Å²) < 4.78 is 0.137. The molecule has 1 aromatic rings. The van der Waals surface area contributed by atoms with Gasteiger partial charge in [0.2, 0.25) is 0 Å². The van der Waals surface area contributed by atoms with E-state index < -0.39 is 0 Å². The van der Waals surface area contributed by atoms with Gasteiger partial charge in [0.15, 0.2) is 0 Å². The van der Waals surface area contributed by atoms with Gasteiger partial charge in [0.25, 0.3) is 0 Å². The van der Waals surface area contributed by atoms with Crippen LogP contribution in [0.2, 0.25) is 0 Å². The molecular formula is C8H12S4. The summed E-state index contributed by atoms with van der Waals surface area (Å²) in [4.78, 5) is 1.02. The van der Waals surface area contributed by atoms with E-state index in [9.17, 15) is 0 Å². The molecule has 0 amide bonds. The minimum Gasteiger partial charge on any atom is -0.177 e. The van der Waals surface area contributed by atoms with E-state index in [2.05, 4.69) is 50.5 Å². The maximum absolute atomic E-state index is 4.08. The van der Waals surface area contributed by atoms with E-state index in [1.165, 1.54) is 0 Å². The Bertz CT molecular complexity index is 186. The predicted octanol–water partition coefficient (Wildman–Crippen LogP) is 3.08. The second-order valence-corrected chi connectivity index (χ2v) is 4.53. The van der Waals surface area contributed by atoms with Gasteiger partial charge in [-0.15, -0.1) is 12.6 Å². The lowest BCUT2D eigenvalue weighted by Gasteiger charge is -1.88. The van der Waals surface area contributed by atoms with Gasteiger partial charge in [-0.2, -0.15) is 37.9 Å². The van der Waals surface area contributed by atoms with Gasteiger partial charge in [0, 0.05) is 10.6 Å². The smallest absolute Gasteiger partial charge is 0.0530 e. The Balaban J connectivity index is 0.000000217. The predicted molar refractivity (Wildman–Crippen MR) is 69.3 cm³/mol. The van der Waals surface area contributed by atoms with E-state index in [4.69, 9.17) is 0 Å². The second-order valence-electron chi connectivity index (χ2n) is 2.00. The van der Waals surface area contributed by atoms with Gasteiger partial charge >= 0.3 is 0 Å². The molecule has 68 valence electrons. The molecule has 1 rings (SSSR count). The molecule has 0 aliphatic heterocycles. The Morgan fingerprint density at radius 3 is 1.67 bits per heavy atom. The minimum absolute atomic E-state index is 0.137. The van der Waals surface area contributed by atoms with Crippen LogP contribution >= 0.6 is 50.5 Å². The molecule has 0 aromatic heterocycles. The van der Waals surface area contributed by atoms with Crippen molar-refractivity contribution in [1.82, 2.24) is 0 Å². The summed E-state index contributed by atoms with van der Waals surface area (Å²) in [5.41, 5.74) is 0. The second kappa shape index (κ2) is 8.23. The van der Waals surface area contributed by atoms with Crippen LogP contribution in [-0.4, -0.2) is 10.3 Å². The fourth-order valence-electron chi connectivity index (χ4n) is 0.428. The van der Waals surface area contributed by atoms with E-state index in [0.29, 0.717) is 0 Å². The highest BCUT2D eigenvalue weighted by Crippen LogP contribution is 2.00. The van der Waals surface area contributed by atoms with E-state index in [0.717, 1.165) is 10.6 Å². The van der Waals surface area contributed by atoms with Gasteiger partial charge in [0.05, 0.1) is 4.58 Å². The largest absolute Gasteiger partial charge is 0.177 e. The third-order valence-electron chi connectivity index (χ3n) is 0.919. The first-order valence-corrected chi connectivity index (χ1v) is 5.49. The first kappa shape index (κ1) is 12.6. The zero-order chi connectivity index (χ0) is 9.40. The van der Waals surface area contributed by atoms with Crippen LogP contribution in [0, 0.1) is 0 Å². The summed E-state index contributed by atoms with van der Waals surface area (Å²) in [6.45, 7) is 0. The van der Waals surface area contributed by atoms with Gasteiger partial charge in [-0.3, -0.25) is 0 Å². The molecule has 4 heteroatoms. The first-order chi connectivity index (χ1) is 5.66. The molecule has 0 atom stereocenters. The minimum atomic E-state index is 0.137. The fourth-order valence-corrected chi connectivity index (χ4v) is 0.600. The molecule has 0 saturated heterocycles. The van der Waals surface area contributed by atoms with Gasteiger partial charge in [-0.25, -0.2) is 0 Å². The van der Waals surface area contributed by atoms with Crippen molar-refractivity contribution >= 4 is 50.5 Å². The fraction of sp³-hybridized carbons (Fsp3) is 0.250. The molecule has 0 nitrogen and oxygen atoms in total. The number of rotatable bonds is 1. The third-order valence-corrected chi connectivity index (χ3v) is 2.52. The highest BCUT2D eigenvalue weighted by atomic mass is 32.2. The highest BCUT2D eigenvalue weighted by Gasteiger charge is 1.82. The summed E-state index contributed by atoms with van der Waals surface area (Å²) in [6.07, 6.45) is 0. The molecule has 0 unspecified atom stereocenters. The van der Waals surface area contributed by atoms with Gasteiger partial charge in [-0.1, -0.05) is 18.2 Å². The number of benzene rings is 1. The summed E-state index contributed by atoms with van der Waals surface area (Å²) in [7, 11) is 0. The zero-order valence-electron chi connectivity index (χ0n) is 6.46. The molecule has 0 aliphatic carbocycles. The van der Waals surface area contributed by atoms with Crippen molar-refractivity contribution in [2.45, 2.75) is 9.48 Å². The van der Waals surface area contributed by atoms with Crippen LogP contribution in [-0.2, 0) is 0 Å². The first-order valence-electron chi connectivity index (χ1n) is 3.38. The Labute approximate surface area is 95.8 Å². The van der Waals surface area contributed by atoms with Crippen molar-refractivity contribution in [1.29, 1.82) is 0 Å². The molecule has 0 N–H and O–H groups in total. The highest BCUT2D eigenvalue weighted by molar-refractivity contribution is 8.00. The summed E-state index contributed by atoms with van der Waals surface area (Å²) in [6, 6.07) is 9.79. The molecule has 1 aromatic carbocycles. The molecule has 0 heterocycles. The lowest BCUT2D eigenvalue weighted by atomic mass is 10.4. The Hall–Kier alpha value is 0.620. The van der Waals surface area contributed by atoms with Crippen LogP contribution in [0.1, 0.15) is 0 Å². The van der Waals surface area contributed by atoms with Crippen molar-refractivity contribution in [2.75, 3.05) is 5.75 Å². The van der Waals surface area contributed by atoms with Gasteiger partial charge in [0.1, 0.15) is 0 Å². The average Bonchev–Trinajstić information content (AvgIpc) is 2.07. The summed E-state index contributed by atoms with van der Waals surface area (Å²) in [5, 5.41) is 0. The standard InChI is InChI=1S/C6H6S.C2H6S3/c7-6-4-2-1-3-5-6;3-1-2(4)5/h1-5,7H;2-5H,1H2. The summed E-state index contributed by atoms with van der Waals surface area (Å²) >= 11 is 15.7. The number of thiol groups is 4. The maximum atomic E-state index is 4.08. The number of hydrogen-bond donors (Lipinski definition) is 4. The van der Waals surface area contributed by atoms with Crippen molar-refractivity contribution in [3.63, 3.8) is 0 Å². The molecule has 0 spiro atoms. The molecule has 0 aliphatic rings. The van der Waals surface area contributed by atoms with Crippen molar-refractivity contribution in [2.24, 2.45) is 0 Å². The van der Waals surface area contributed by atoms with E-state index in [-0.39, 0.29) is 4.58 Å². The normalized spacial score (nSPS) is 9.08. The molecule has 12 heavy (non-hydrogen) atoms. The Morgan fingerprint density at radius 2 is 1.50 bits per heavy atom. The van der Waals surface area contributed by atoms with E-state index in [1.54, 1.807) is 0 Å². The third kappa shape index (κ3) is 8.71.